The Hall–Kier alpha value is -1.98. The zero-order chi connectivity index (χ0) is 12.7. The number of aliphatic carboxylic acids is 1. The van der Waals surface area contributed by atoms with Crippen molar-refractivity contribution in [3.63, 3.8) is 0 Å². The lowest BCUT2D eigenvalue weighted by Crippen LogP contribution is -2.33. The summed E-state index contributed by atoms with van der Waals surface area (Å²) in [7, 11) is 0. The number of carbonyl (C=O) groups excluding carboxylic acids is 1. The Morgan fingerprint density at radius 2 is 2.06 bits per heavy atom. The number of nitrogens with zero attached hydrogens (tertiary/aromatic N) is 2. The molecule has 0 radical (unpaired) electrons. The maximum atomic E-state index is 11.6. The smallest absolute Gasteiger partial charge is 0.308 e. The van der Waals surface area contributed by atoms with Crippen LogP contribution < -0.4 is 5.32 Å². The normalized spacial score (nSPS) is 11.8. The topological polar surface area (TPSA) is 92.2 Å². The van der Waals surface area contributed by atoms with Gasteiger partial charge in [0.15, 0.2) is 0 Å². The van der Waals surface area contributed by atoms with E-state index in [1.54, 1.807) is 0 Å². The molecule has 0 aromatic carbocycles. The highest BCUT2D eigenvalue weighted by atomic mass is 16.4. The molecule has 0 aliphatic carbocycles. The van der Waals surface area contributed by atoms with Crippen LogP contribution in [-0.2, 0) is 4.79 Å². The Morgan fingerprint density at radius 1 is 1.41 bits per heavy atom. The molecule has 1 atom stereocenters. The lowest BCUT2D eigenvalue weighted by Gasteiger charge is -2.11. The van der Waals surface area contributed by atoms with Crippen molar-refractivity contribution in [1.29, 1.82) is 0 Å². The minimum Gasteiger partial charge on any atom is -0.481 e. The first kappa shape index (κ1) is 13.1. The van der Waals surface area contributed by atoms with Crippen LogP contribution in [-0.4, -0.2) is 33.5 Å². The molecule has 0 aliphatic rings. The second kappa shape index (κ2) is 6.57. The van der Waals surface area contributed by atoms with Gasteiger partial charge in [-0.1, -0.05) is 13.3 Å². The Balaban J connectivity index is 2.49. The van der Waals surface area contributed by atoms with Crippen molar-refractivity contribution in [2.75, 3.05) is 6.54 Å². The van der Waals surface area contributed by atoms with Crippen LogP contribution >= 0.6 is 0 Å². The molecule has 6 heteroatoms. The van der Waals surface area contributed by atoms with Gasteiger partial charge in [0.25, 0.3) is 5.91 Å². The molecule has 2 N–H and O–H groups in total. The number of carboxylic acids is 1. The van der Waals surface area contributed by atoms with E-state index in [1.807, 2.05) is 6.92 Å². The SMILES string of the molecule is CCCC(CNC(=O)c1cncnc1)C(=O)O. The van der Waals surface area contributed by atoms with Gasteiger partial charge in [0.05, 0.1) is 11.5 Å². The van der Waals surface area contributed by atoms with Gasteiger partial charge in [0.1, 0.15) is 6.33 Å². The van der Waals surface area contributed by atoms with Gasteiger partial charge in [0.2, 0.25) is 0 Å². The minimum atomic E-state index is -0.892. The van der Waals surface area contributed by atoms with Gasteiger partial charge < -0.3 is 10.4 Å². The molecule has 1 amide bonds. The summed E-state index contributed by atoms with van der Waals surface area (Å²) < 4.78 is 0. The Bertz CT molecular complexity index is 381. The van der Waals surface area contributed by atoms with Crippen LogP contribution in [0.2, 0.25) is 0 Å². The number of rotatable bonds is 6. The molecule has 92 valence electrons. The van der Waals surface area contributed by atoms with Crippen molar-refractivity contribution in [3.8, 4) is 0 Å². The van der Waals surface area contributed by atoms with E-state index in [2.05, 4.69) is 15.3 Å². The summed E-state index contributed by atoms with van der Waals surface area (Å²) in [4.78, 5) is 29.9. The lowest BCUT2D eigenvalue weighted by molar-refractivity contribution is -0.141. The second-order valence-electron chi connectivity index (χ2n) is 3.66. The number of carboxylic acid groups (broad SMARTS) is 1. The molecule has 17 heavy (non-hydrogen) atoms. The molecule has 1 unspecified atom stereocenters. The third-order valence-electron chi connectivity index (χ3n) is 2.32. The van der Waals surface area contributed by atoms with E-state index in [1.165, 1.54) is 18.7 Å². The van der Waals surface area contributed by atoms with Crippen LogP contribution in [0.5, 0.6) is 0 Å². The van der Waals surface area contributed by atoms with Crippen LogP contribution in [0, 0.1) is 5.92 Å². The van der Waals surface area contributed by atoms with E-state index in [0.29, 0.717) is 12.0 Å². The number of hydrogen-bond donors (Lipinski definition) is 2. The molecule has 0 saturated carbocycles. The van der Waals surface area contributed by atoms with Crippen molar-refractivity contribution in [2.24, 2.45) is 5.92 Å². The highest BCUT2D eigenvalue weighted by Crippen LogP contribution is 2.05. The summed E-state index contributed by atoms with van der Waals surface area (Å²) >= 11 is 0. The van der Waals surface area contributed by atoms with E-state index in [0.717, 1.165) is 6.42 Å². The van der Waals surface area contributed by atoms with Crippen molar-refractivity contribution in [1.82, 2.24) is 15.3 Å². The highest BCUT2D eigenvalue weighted by molar-refractivity contribution is 5.93. The zero-order valence-corrected chi connectivity index (χ0v) is 9.59. The molecule has 1 aromatic rings. The Labute approximate surface area is 99.1 Å². The summed E-state index contributed by atoms with van der Waals surface area (Å²) in [5.74, 6) is -1.79. The monoisotopic (exact) mass is 237 g/mol. The van der Waals surface area contributed by atoms with Crippen LogP contribution in [0.15, 0.2) is 18.7 Å². The first-order valence-corrected chi connectivity index (χ1v) is 5.41. The molecule has 0 bridgehead atoms. The van der Waals surface area contributed by atoms with Gasteiger partial charge in [0, 0.05) is 18.9 Å². The molecule has 1 aromatic heterocycles. The third kappa shape index (κ3) is 4.18. The molecular formula is C11H15N3O3. The van der Waals surface area contributed by atoms with Gasteiger partial charge in [-0.25, -0.2) is 9.97 Å². The Kier molecular flexibility index (Phi) is 5.06. The molecule has 0 spiro atoms. The van der Waals surface area contributed by atoms with Gasteiger partial charge in [-0.2, -0.15) is 0 Å². The van der Waals surface area contributed by atoms with Crippen molar-refractivity contribution >= 4 is 11.9 Å². The predicted octanol–water partition coefficient (Wildman–Crippen LogP) is 0.707. The standard InChI is InChI=1S/C11H15N3O3/c1-2-3-8(11(16)17)6-14-10(15)9-4-12-7-13-5-9/h4-5,7-8H,2-3,6H2,1H3,(H,14,15)(H,16,17). The molecule has 1 rings (SSSR count). The van der Waals surface area contributed by atoms with E-state index in [9.17, 15) is 9.59 Å². The van der Waals surface area contributed by atoms with Crippen molar-refractivity contribution in [2.45, 2.75) is 19.8 Å². The average Bonchev–Trinajstić information content (AvgIpc) is 2.34. The first-order chi connectivity index (χ1) is 8.15. The van der Waals surface area contributed by atoms with Crippen molar-refractivity contribution in [3.05, 3.63) is 24.3 Å². The summed E-state index contributed by atoms with van der Waals surface area (Å²) in [5, 5.41) is 11.5. The van der Waals surface area contributed by atoms with E-state index in [4.69, 9.17) is 5.11 Å². The summed E-state index contributed by atoms with van der Waals surface area (Å²) in [6.45, 7) is 2.03. The largest absolute Gasteiger partial charge is 0.481 e. The molecule has 1 heterocycles. The summed E-state index contributed by atoms with van der Waals surface area (Å²) in [5.41, 5.74) is 0.327. The minimum absolute atomic E-state index is 0.122. The van der Waals surface area contributed by atoms with Crippen LogP contribution in [0.25, 0.3) is 0 Å². The van der Waals surface area contributed by atoms with Gasteiger partial charge in [-0.05, 0) is 6.42 Å². The van der Waals surface area contributed by atoms with Gasteiger partial charge >= 0.3 is 5.97 Å². The second-order valence-corrected chi connectivity index (χ2v) is 3.66. The van der Waals surface area contributed by atoms with Crippen LogP contribution in [0.1, 0.15) is 30.1 Å². The first-order valence-electron chi connectivity index (χ1n) is 5.41. The fourth-order valence-corrected chi connectivity index (χ4v) is 1.40. The number of amides is 1. The molecule has 6 nitrogen and oxygen atoms in total. The quantitative estimate of drug-likeness (QED) is 0.760. The van der Waals surface area contributed by atoms with Crippen molar-refractivity contribution < 1.29 is 14.7 Å². The Morgan fingerprint density at radius 3 is 2.59 bits per heavy atom. The fourth-order valence-electron chi connectivity index (χ4n) is 1.40. The summed E-state index contributed by atoms with van der Waals surface area (Å²) in [6.07, 6.45) is 5.41. The average molecular weight is 237 g/mol. The lowest BCUT2D eigenvalue weighted by atomic mass is 10.0. The maximum absolute atomic E-state index is 11.6. The van der Waals surface area contributed by atoms with E-state index >= 15 is 0 Å². The van der Waals surface area contributed by atoms with Gasteiger partial charge in [-0.3, -0.25) is 9.59 Å². The highest BCUT2D eigenvalue weighted by Gasteiger charge is 2.17. The van der Waals surface area contributed by atoms with E-state index in [-0.39, 0.29) is 12.5 Å². The zero-order valence-electron chi connectivity index (χ0n) is 9.59. The predicted molar refractivity (Wildman–Crippen MR) is 60.4 cm³/mol. The van der Waals surface area contributed by atoms with Crippen LogP contribution in [0.3, 0.4) is 0 Å². The van der Waals surface area contributed by atoms with E-state index < -0.39 is 11.9 Å². The number of hydrogen-bond acceptors (Lipinski definition) is 4. The van der Waals surface area contributed by atoms with Crippen LogP contribution in [0.4, 0.5) is 0 Å². The maximum Gasteiger partial charge on any atom is 0.308 e. The molecular weight excluding hydrogens is 222 g/mol. The third-order valence-corrected chi connectivity index (χ3v) is 2.32. The molecule has 0 fully saturated rings. The molecule has 0 aliphatic heterocycles. The number of aromatic nitrogens is 2. The fraction of sp³-hybridized carbons (Fsp3) is 0.455. The molecule has 0 saturated heterocycles. The number of carbonyl (C=O) groups is 2. The summed E-state index contributed by atoms with van der Waals surface area (Å²) in [6, 6.07) is 0. The number of nitrogens with one attached hydrogen (secondary N) is 1. The van der Waals surface area contributed by atoms with Gasteiger partial charge in [-0.15, -0.1) is 0 Å².